The monoisotopic (exact) mass is 200 g/mol. The van der Waals surface area contributed by atoms with Gasteiger partial charge in [-0.15, -0.1) is 23.2 Å². The number of halogens is 6. The summed E-state index contributed by atoms with van der Waals surface area (Å²) in [7, 11) is 0. The van der Waals surface area contributed by atoms with E-state index in [2.05, 4.69) is 11.6 Å². The Hall–Kier alpha value is 0.660. The summed E-state index contributed by atoms with van der Waals surface area (Å²) in [5, 5.41) is -3.98. The van der Waals surface area contributed by atoms with Gasteiger partial charge in [-0.05, 0) is 11.6 Å². The van der Waals surface area contributed by atoms with E-state index in [1.807, 2.05) is 0 Å². The average Bonchev–Trinajstić information content (AvgIpc) is 1.62. The van der Waals surface area contributed by atoms with Crippen molar-refractivity contribution < 1.29 is 13.2 Å². The molecule has 0 radical (unpaired) electrons. The molecule has 0 saturated carbocycles. The second-order valence-electron chi connectivity index (χ2n) is 1.28. The average molecular weight is 201 g/mol. The summed E-state index contributed by atoms with van der Waals surface area (Å²) in [6.07, 6.45) is -2.72. The molecule has 0 rings (SSSR count). The van der Waals surface area contributed by atoms with Gasteiger partial charge < -0.3 is 0 Å². The van der Waals surface area contributed by atoms with Crippen molar-refractivity contribution in [1.29, 1.82) is 0 Å². The zero-order chi connectivity index (χ0) is 7.65. The van der Waals surface area contributed by atoms with Gasteiger partial charge in [-0.25, -0.2) is 4.39 Å². The van der Waals surface area contributed by atoms with Gasteiger partial charge in [0.2, 0.25) is 6.17 Å². The van der Waals surface area contributed by atoms with Crippen molar-refractivity contribution in [3.8, 4) is 0 Å². The Balaban J connectivity index is 3.88. The van der Waals surface area contributed by atoms with E-state index in [1.165, 1.54) is 0 Å². The fourth-order valence-electron chi connectivity index (χ4n) is 0.143. The topological polar surface area (TPSA) is 0 Å². The molecule has 0 aliphatic rings. The highest BCUT2D eigenvalue weighted by molar-refractivity contribution is 6.45. The fraction of sp³-hybridized carbons (Fsp3) is 1.00. The number of rotatable bonds is 2. The molecule has 56 valence electrons. The lowest BCUT2D eigenvalue weighted by Gasteiger charge is -2.13. The van der Waals surface area contributed by atoms with Crippen molar-refractivity contribution in [3.63, 3.8) is 0 Å². The number of hydrogen-bond donors (Lipinski definition) is 0. The van der Waals surface area contributed by atoms with Crippen LogP contribution < -0.4 is 0 Å². The summed E-state index contributed by atoms with van der Waals surface area (Å²) >= 11 is 13.7. The van der Waals surface area contributed by atoms with Crippen LogP contribution in [0.15, 0.2) is 0 Å². The van der Waals surface area contributed by atoms with Crippen LogP contribution in [0.5, 0.6) is 0 Å². The maximum absolute atomic E-state index is 11.9. The lowest BCUT2D eigenvalue weighted by molar-refractivity contribution is 0.0134. The molecule has 0 N–H and O–H groups in total. The zero-order valence-corrected chi connectivity index (χ0v) is 6.19. The van der Waals surface area contributed by atoms with Crippen molar-refractivity contribution in [2.24, 2.45) is 0 Å². The molecular formula is C3H2Cl3F3. The van der Waals surface area contributed by atoms with E-state index in [-0.39, 0.29) is 0 Å². The Morgan fingerprint density at radius 2 is 1.56 bits per heavy atom. The van der Waals surface area contributed by atoms with Crippen LogP contribution in [-0.4, -0.2) is 16.4 Å². The molecule has 0 aromatic carbocycles. The van der Waals surface area contributed by atoms with Crippen LogP contribution in [0.4, 0.5) is 13.2 Å². The molecular weight excluding hydrogens is 199 g/mol. The van der Waals surface area contributed by atoms with Crippen molar-refractivity contribution in [2.45, 2.75) is 16.4 Å². The first-order valence-corrected chi connectivity index (χ1v) is 3.09. The lowest BCUT2D eigenvalue weighted by Crippen LogP contribution is -2.28. The summed E-state index contributed by atoms with van der Waals surface area (Å²) < 4.78 is 35.1. The smallest absolute Gasteiger partial charge is 0.236 e. The Bertz CT molecular complexity index is 88.8. The summed E-state index contributed by atoms with van der Waals surface area (Å²) in [5.41, 5.74) is 0. The number of hydrogen-bond acceptors (Lipinski definition) is 0. The molecule has 0 saturated heterocycles. The SMILES string of the molecule is FC(C(Cl)Cl)C(F)(F)Cl. The maximum Gasteiger partial charge on any atom is 0.355 e. The number of alkyl halides is 6. The highest BCUT2D eigenvalue weighted by atomic mass is 35.5. The van der Waals surface area contributed by atoms with E-state index < -0.39 is 16.4 Å². The van der Waals surface area contributed by atoms with Crippen LogP contribution in [0.1, 0.15) is 0 Å². The molecule has 1 unspecified atom stereocenters. The van der Waals surface area contributed by atoms with Gasteiger partial charge in [0, 0.05) is 0 Å². The van der Waals surface area contributed by atoms with Gasteiger partial charge >= 0.3 is 5.38 Å². The van der Waals surface area contributed by atoms with Gasteiger partial charge in [0.05, 0.1) is 0 Å². The molecule has 0 aromatic heterocycles. The molecule has 0 nitrogen and oxygen atoms in total. The van der Waals surface area contributed by atoms with Crippen LogP contribution in [0.3, 0.4) is 0 Å². The van der Waals surface area contributed by atoms with Crippen molar-refractivity contribution in [1.82, 2.24) is 0 Å². The molecule has 6 heteroatoms. The first-order valence-electron chi connectivity index (χ1n) is 1.84. The third-order valence-electron chi connectivity index (χ3n) is 0.534. The third kappa shape index (κ3) is 3.38. The van der Waals surface area contributed by atoms with Crippen molar-refractivity contribution in [2.75, 3.05) is 0 Å². The normalized spacial score (nSPS) is 16.3. The maximum atomic E-state index is 11.9. The molecule has 0 aliphatic heterocycles. The lowest BCUT2D eigenvalue weighted by atomic mass is 10.4. The first-order chi connectivity index (χ1) is 3.85. The Morgan fingerprint density at radius 1 is 1.22 bits per heavy atom. The Kier molecular flexibility index (Phi) is 3.40. The van der Waals surface area contributed by atoms with Crippen LogP contribution in [0.25, 0.3) is 0 Å². The molecule has 0 spiro atoms. The Labute approximate surface area is 64.9 Å². The van der Waals surface area contributed by atoms with Crippen molar-refractivity contribution >= 4 is 34.8 Å². The molecule has 9 heavy (non-hydrogen) atoms. The molecule has 1 atom stereocenters. The molecule has 0 bridgehead atoms. The second kappa shape index (κ2) is 3.17. The second-order valence-corrected chi connectivity index (χ2v) is 2.95. The predicted molar refractivity (Wildman–Crippen MR) is 31.2 cm³/mol. The van der Waals surface area contributed by atoms with Gasteiger partial charge in [0.15, 0.2) is 0 Å². The minimum absolute atomic E-state index is 1.79. The van der Waals surface area contributed by atoms with Gasteiger partial charge in [-0.2, -0.15) is 8.78 Å². The summed E-state index contributed by atoms with van der Waals surface area (Å²) in [5.74, 6) is 0. The zero-order valence-electron chi connectivity index (χ0n) is 3.92. The molecule has 0 fully saturated rings. The van der Waals surface area contributed by atoms with Crippen LogP contribution in [-0.2, 0) is 0 Å². The van der Waals surface area contributed by atoms with Gasteiger partial charge in [-0.1, -0.05) is 0 Å². The van der Waals surface area contributed by atoms with Crippen LogP contribution in [0, 0.1) is 0 Å². The van der Waals surface area contributed by atoms with Crippen molar-refractivity contribution in [3.05, 3.63) is 0 Å². The van der Waals surface area contributed by atoms with E-state index in [1.54, 1.807) is 0 Å². The third-order valence-corrected chi connectivity index (χ3v) is 1.18. The van der Waals surface area contributed by atoms with E-state index in [0.29, 0.717) is 0 Å². The van der Waals surface area contributed by atoms with E-state index >= 15 is 0 Å². The minimum atomic E-state index is -3.98. The standard InChI is InChI=1S/C3H2Cl3F3/c4-2(5)1(7)3(6,8)9/h1-2H. The molecule has 0 heterocycles. The quantitative estimate of drug-likeness (QED) is 0.603. The minimum Gasteiger partial charge on any atom is -0.236 e. The van der Waals surface area contributed by atoms with Gasteiger partial charge in [0.1, 0.15) is 4.84 Å². The summed E-state index contributed by atoms with van der Waals surface area (Å²) in [6.45, 7) is 0. The van der Waals surface area contributed by atoms with E-state index in [9.17, 15) is 13.2 Å². The van der Waals surface area contributed by atoms with Crippen LogP contribution >= 0.6 is 34.8 Å². The molecule has 0 aliphatic carbocycles. The molecule has 0 amide bonds. The Morgan fingerprint density at radius 3 is 1.56 bits per heavy atom. The summed E-state index contributed by atoms with van der Waals surface area (Å²) in [6, 6.07) is 0. The van der Waals surface area contributed by atoms with Crippen LogP contribution in [0.2, 0.25) is 0 Å². The molecule has 0 aromatic rings. The van der Waals surface area contributed by atoms with E-state index in [4.69, 9.17) is 23.2 Å². The first kappa shape index (κ1) is 9.66. The van der Waals surface area contributed by atoms with Gasteiger partial charge in [-0.3, -0.25) is 0 Å². The highest BCUT2D eigenvalue weighted by Gasteiger charge is 2.41. The van der Waals surface area contributed by atoms with E-state index in [0.717, 1.165) is 0 Å². The summed E-state index contributed by atoms with van der Waals surface area (Å²) in [4.78, 5) is -1.79. The van der Waals surface area contributed by atoms with Gasteiger partial charge in [0.25, 0.3) is 0 Å². The highest BCUT2D eigenvalue weighted by Crippen LogP contribution is 2.31. The largest absolute Gasteiger partial charge is 0.355 e. The fourth-order valence-corrected chi connectivity index (χ4v) is 0.714. The predicted octanol–water partition coefficient (Wildman–Crippen LogP) is 2.96.